The second kappa shape index (κ2) is 11.8. The normalized spacial score (nSPS) is 13.0. The van der Waals surface area contributed by atoms with Crippen LogP contribution >= 0.6 is 0 Å². The maximum Gasteiger partial charge on any atom is 0.238 e. The van der Waals surface area contributed by atoms with Gasteiger partial charge in [0, 0.05) is 21.9 Å². The third-order valence-electron chi connectivity index (χ3n) is 10.0. The number of hydrogen-bond donors (Lipinski definition) is 0. The Kier molecular flexibility index (Phi) is 6.75. The van der Waals surface area contributed by atoms with Gasteiger partial charge in [0.25, 0.3) is 0 Å². The molecule has 10 rings (SSSR count). The van der Waals surface area contributed by atoms with Crippen LogP contribution in [0, 0.1) is 0 Å². The molecule has 0 saturated carbocycles. The molecule has 0 radical (unpaired) electrons. The Morgan fingerprint density at radius 1 is 0.412 bits per heavy atom. The standard InChI is InChI=1S/C45H30N4OSi/c1-4-16-31(17-5-1)43-46-44(32-18-6-2-7-19-32)48-45(47-43)49-37-23-11-10-22-35(37)36-29-28-34(30-38(36)49)51(33-20-8-3-9-21-33)41-26-14-12-24-39(41)50-40-25-13-15-27-42(40)51/h1-30H. The molecule has 7 aromatic carbocycles. The molecule has 0 aliphatic carbocycles. The quantitative estimate of drug-likeness (QED) is 0.176. The molecule has 240 valence electrons. The first-order valence-electron chi connectivity index (χ1n) is 17.1. The van der Waals surface area contributed by atoms with Crippen LogP contribution in [0.1, 0.15) is 0 Å². The first kappa shape index (κ1) is 29.3. The topological polar surface area (TPSA) is 52.8 Å². The molecule has 3 heterocycles. The Balaban J connectivity index is 1.31. The summed E-state index contributed by atoms with van der Waals surface area (Å²) in [6, 6.07) is 64.0. The minimum absolute atomic E-state index is 0.578. The summed E-state index contributed by atoms with van der Waals surface area (Å²) in [6.07, 6.45) is 0. The second-order valence-corrected chi connectivity index (χ2v) is 16.5. The third kappa shape index (κ3) is 4.57. The van der Waals surface area contributed by atoms with E-state index in [9.17, 15) is 0 Å². The summed E-state index contributed by atoms with van der Waals surface area (Å²) < 4.78 is 8.84. The van der Waals surface area contributed by atoms with Crippen molar-refractivity contribution in [3.05, 3.63) is 182 Å². The highest BCUT2D eigenvalue weighted by Gasteiger charge is 2.48. The van der Waals surface area contributed by atoms with Gasteiger partial charge in [-0.25, -0.2) is 4.98 Å². The first-order chi connectivity index (χ1) is 25.3. The van der Waals surface area contributed by atoms with E-state index in [0.717, 1.165) is 44.4 Å². The first-order valence-corrected chi connectivity index (χ1v) is 19.1. The van der Waals surface area contributed by atoms with Crippen LogP contribution in [-0.2, 0) is 0 Å². The van der Waals surface area contributed by atoms with Crippen LogP contribution in [0.3, 0.4) is 0 Å². The lowest BCUT2D eigenvalue weighted by molar-refractivity contribution is 0.487. The fourth-order valence-corrected chi connectivity index (χ4v) is 12.7. The van der Waals surface area contributed by atoms with Crippen LogP contribution < -0.4 is 25.5 Å². The van der Waals surface area contributed by atoms with Gasteiger partial charge in [-0.05, 0) is 45.0 Å². The van der Waals surface area contributed by atoms with Crippen LogP contribution in [0.5, 0.6) is 11.5 Å². The molecule has 0 N–H and O–H groups in total. The SMILES string of the molecule is c1ccc(-c2nc(-c3ccccc3)nc(-n3c4ccccc4c4ccc([Si]5(c6ccccc6)c6ccccc6Oc6ccccc65)cc43)n2)cc1. The van der Waals surface area contributed by atoms with Crippen LogP contribution in [0.2, 0.25) is 0 Å². The third-order valence-corrected chi connectivity index (χ3v) is 14.8. The molecule has 0 bridgehead atoms. The van der Waals surface area contributed by atoms with Gasteiger partial charge in [0.05, 0.1) is 11.0 Å². The average molecular weight is 671 g/mol. The van der Waals surface area contributed by atoms with Crippen molar-refractivity contribution in [2.75, 3.05) is 0 Å². The number of aromatic nitrogens is 4. The lowest BCUT2D eigenvalue weighted by Gasteiger charge is -2.39. The van der Waals surface area contributed by atoms with E-state index in [1.54, 1.807) is 0 Å². The summed E-state index contributed by atoms with van der Waals surface area (Å²) >= 11 is 0. The van der Waals surface area contributed by atoms with Crippen LogP contribution in [-0.4, -0.2) is 27.6 Å². The lowest BCUT2D eigenvalue weighted by atomic mass is 10.1. The monoisotopic (exact) mass is 670 g/mol. The molecule has 0 amide bonds. The highest BCUT2D eigenvalue weighted by atomic mass is 28.3. The molecule has 0 unspecified atom stereocenters. The summed E-state index contributed by atoms with van der Waals surface area (Å²) in [5, 5.41) is 7.31. The van der Waals surface area contributed by atoms with Gasteiger partial charge >= 0.3 is 0 Å². The number of benzene rings is 7. The summed E-state index contributed by atoms with van der Waals surface area (Å²) in [5.41, 5.74) is 3.95. The van der Waals surface area contributed by atoms with Crippen molar-refractivity contribution < 1.29 is 4.74 Å². The largest absolute Gasteiger partial charge is 0.458 e. The summed E-state index contributed by atoms with van der Waals surface area (Å²) in [5.74, 6) is 3.65. The number of fused-ring (bicyclic) bond motifs is 5. The van der Waals surface area contributed by atoms with E-state index in [1.165, 1.54) is 20.7 Å². The van der Waals surface area contributed by atoms with E-state index >= 15 is 0 Å². The van der Waals surface area contributed by atoms with Gasteiger partial charge in [0.1, 0.15) is 11.5 Å². The molecule has 51 heavy (non-hydrogen) atoms. The van der Waals surface area contributed by atoms with Crippen LogP contribution in [0.25, 0.3) is 50.5 Å². The Labute approximate surface area is 296 Å². The molecule has 2 aromatic heterocycles. The maximum absolute atomic E-state index is 6.62. The van der Waals surface area contributed by atoms with Crippen LogP contribution in [0.15, 0.2) is 182 Å². The van der Waals surface area contributed by atoms with Crippen molar-refractivity contribution in [3.8, 4) is 40.2 Å². The molecule has 0 fully saturated rings. The van der Waals surface area contributed by atoms with E-state index < -0.39 is 8.07 Å². The predicted octanol–water partition coefficient (Wildman–Crippen LogP) is 7.79. The lowest BCUT2D eigenvalue weighted by Crippen LogP contribution is -2.76. The fraction of sp³-hybridized carbons (Fsp3) is 0. The zero-order chi connectivity index (χ0) is 33.8. The van der Waals surface area contributed by atoms with Crippen molar-refractivity contribution in [2.24, 2.45) is 0 Å². The van der Waals surface area contributed by atoms with Crippen molar-refractivity contribution in [1.29, 1.82) is 0 Å². The molecular formula is C45H30N4OSi. The van der Waals surface area contributed by atoms with Crippen molar-refractivity contribution >= 4 is 50.6 Å². The zero-order valence-corrected chi connectivity index (χ0v) is 28.5. The van der Waals surface area contributed by atoms with E-state index in [-0.39, 0.29) is 0 Å². The number of para-hydroxylation sites is 3. The smallest absolute Gasteiger partial charge is 0.238 e. The Hall–Kier alpha value is -6.63. The van der Waals surface area contributed by atoms with Gasteiger partial charge in [-0.2, -0.15) is 9.97 Å². The van der Waals surface area contributed by atoms with E-state index in [1.807, 2.05) is 60.7 Å². The van der Waals surface area contributed by atoms with Gasteiger partial charge in [-0.15, -0.1) is 0 Å². The minimum atomic E-state index is -2.88. The predicted molar refractivity (Wildman–Crippen MR) is 209 cm³/mol. The van der Waals surface area contributed by atoms with E-state index in [0.29, 0.717) is 17.6 Å². The average Bonchev–Trinajstić information content (AvgIpc) is 3.54. The molecule has 0 spiro atoms. The Morgan fingerprint density at radius 3 is 1.55 bits per heavy atom. The fourth-order valence-electron chi connectivity index (χ4n) is 7.79. The van der Waals surface area contributed by atoms with E-state index in [2.05, 4.69) is 126 Å². The number of rotatable bonds is 5. The van der Waals surface area contributed by atoms with Crippen molar-refractivity contribution in [3.63, 3.8) is 0 Å². The molecule has 6 heteroatoms. The van der Waals surface area contributed by atoms with Gasteiger partial charge < -0.3 is 4.74 Å². The highest BCUT2D eigenvalue weighted by Crippen LogP contribution is 2.34. The Morgan fingerprint density at radius 2 is 0.922 bits per heavy atom. The second-order valence-electron chi connectivity index (χ2n) is 12.8. The summed E-state index contributed by atoms with van der Waals surface area (Å²) in [4.78, 5) is 15.4. The maximum atomic E-state index is 6.62. The Bertz CT molecular complexity index is 2630. The molecule has 1 aliphatic heterocycles. The molecule has 0 saturated heterocycles. The van der Waals surface area contributed by atoms with Gasteiger partial charge in [-0.1, -0.05) is 158 Å². The van der Waals surface area contributed by atoms with Gasteiger partial charge in [-0.3, -0.25) is 4.57 Å². The minimum Gasteiger partial charge on any atom is -0.458 e. The van der Waals surface area contributed by atoms with Gasteiger partial charge in [0.2, 0.25) is 5.95 Å². The van der Waals surface area contributed by atoms with Crippen molar-refractivity contribution in [2.45, 2.75) is 0 Å². The number of ether oxygens (including phenoxy) is 1. The summed E-state index contributed by atoms with van der Waals surface area (Å²) in [7, 11) is -2.88. The molecular weight excluding hydrogens is 641 g/mol. The molecule has 0 atom stereocenters. The zero-order valence-electron chi connectivity index (χ0n) is 27.5. The van der Waals surface area contributed by atoms with Crippen LogP contribution in [0.4, 0.5) is 0 Å². The van der Waals surface area contributed by atoms with E-state index in [4.69, 9.17) is 19.7 Å². The van der Waals surface area contributed by atoms with Gasteiger partial charge in [0.15, 0.2) is 19.7 Å². The highest BCUT2D eigenvalue weighted by molar-refractivity contribution is 7.20. The molecule has 5 nitrogen and oxygen atoms in total. The molecule has 1 aliphatic rings. The van der Waals surface area contributed by atoms with Crippen molar-refractivity contribution in [1.82, 2.24) is 19.5 Å². The number of hydrogen-bond acceptors (Lipinski definition) is 4. The summed E-state index contributed by atoms with van der Waals surface area (Å²) in [6.45, 7) is 0. The number of nitrogens with zero attached hydrogens (tertiary/aromatic N) is 4. The molecule has 9 aromatic rings.